The van der Waals surface area contributed by atoms with Gasteiger partial charge >= 0.3 is 11.9 Å². The highest BCUT2D eigenvalue weighted by molar-refractivity contribution is 7.08. The summed E-state index contributed by atoms with van der Waals surface area (Å²) in [7, 11) is 1.28. The number of rotatable bonds is 8. The minimum atomic E-state index is -1.06. The molecule has 1 aliphatic rings. The number of amides is 1. The maximum absolute atomic E-state index is 13.4. The Balaban J connectivity index is 1.70. The fourth-order valence-corrected chi connectivity index (χ4v) is 4.65. The van der Waals surface area contributed by atoms with Crippen LogP contribution in [0.5, 0.6) is 5.88 Å². The second-order valence-electron chi connectivity index (χ2n) is 9.33. The number of pyridine rings is 1. The topological polar surface area (TPSA) is 106 Å². The number of likely N-dealkylation sites (tertiary alicyclic amines) is 1. The number of methoxy groups -OCH3 is 1. The Hall–Kier alpha value is -2.94. The third kappa shape index (κ3) is 6.10. The van der Waals surface area contributed by atoms with E-state index >= 15 is 0 Å². The first-order valence-corrected chi connectivity index (χ1v) is 11.8. The summed E-state index contributed by atoms with van der Waals surface area (Å²) in [6.07, 6.45) is 0.183. The van der Waals surface area contributed by atoms with Gasteiger partial charge in [0, 0.05) is 29.5 Å². The number of hydrogen-bond acceptors (Lipinski definition) is 7. The van der Waals surface area contributed by atoms with Crippen molar-refractivity contribution in [2.24, 2.45) is 17.3 Å². The summed E-state index contributed by atoms with van der Waals surface area (Å²) in [6, 6.07) is 6.54. The Morgan fingerprint density at radius 2 is 2.03 bits per heavy atom. The zero-order valence-electron chi connectivity index (χ0n) is 19.3. The first-order chi connectivity index (χ1) is 15.6. The fraction of sp³-hybridized carbons (Fsp3) is 0.500. The quantitative estimate of drug-likeness (QED) is 0.581. The van der Waals surface area contributed by atoms with Crippen LogP contribution in [0.1, 0.15) is 33.6 Å². The Morgan fingerprint density at radius 3 is 2.64 bits per heavy atom. The van der Waals surface area contributed by atoms with Crippen LogP contribution in [0, 0.1) is 17.3 Å². The molecule has 1 saturated heterocycles. The Kier molecular flexibility index (Phi) is 7.73. The van der Waals surface area contributed by atoms with Gasteiger partial charge in [0.15, 0.2) is 0 Å². The lowest BCUT2D eigenvalue weighted by atomic mass is 9.77. The minimum absolute atomic E-state index is 0.0951. The molecule has 1 N–H and O–H groups in total. The SMILES string of the molecule is COC(=O)C[C@H](C(=O)N1C[C@H](COc2cccc(-c3ccsc3)n2)C[C@H]1C(=O)O)C(C)(C)C. The van der Waals surface area contributed by atoms with Gasteiger partial charge in [0.05, 0.1) is 31.7 Å². The number of carboxylic acid groups (broad SMARTS) is 1. The fourth-order valence-electron chi connectivity index (χ4n) is 4.00. The van der Waals surface area contributed by atoms with Crippen molar-refractivity contribution in [3.63, 3.8) is 0 Å². The average Bonchev–Trinajstić information content (AvgIpc) is 3.45. The Morgan fingerprint density at radius 1 is 1.27 bits per heavy atom. The van der Waals surface area contributed by atoms with Gasteiger partial charge in [0.25, 0.3) is 0 Å². The van der Waals surface area contributed by atoms with E-state index in [-0.39, 0.29) is 37.8 Å². The van der Waals surface area contributed by atoms with E-state index in [1.807, 2.05) is 49.7 Å². The van der Waals surface area contributed by atoms with Crippen LogP contribution in [0.2, 0.25) is 0 Å². The largest absolute Gasteiger partial charge is 0.480 e. The predicted octanol–water partition coefficient (Wildman–Crippen LogP) is 3.72. The molecule has 2 aromatic heterocycles. The molecular formula is C24H30N2O6S. The van der Waals surface area contributed by atoms with Gasteiger partial charge in [-0.25, -0.2) is 9.78 Å². The molecule has 2 aromatic rings. The van der Waals surface area contributed by atoms with Crippen molar-refractivity contribution in [1.82, 2.24) is 9.88 Å². The van der Waals surface area contributed by atoms with Crippen LogP contribution in [0.25, 0.3) is 11.3 Å². The van der Waals surface area contributed by atoms with Gasteiger partial charge in [-0.05, 0) is 29.3 Å². The van der Waals surface area contributed by atoms with Gasteiger partial charge in [-0.3, -0.25) is 9.59 Å². The standard InChI is InChI=1S/C24H30N2O6S/c1-24(2,3)17(11-21(27)31-4)22(28)26-12-15(10-19(26)23(29)30)13-32-20-7-5-6-18(25-20)16-8-9-33-14-16/h5-9,14-15,17,19H,10-13H2,1-4H3,(H,29,30)/t15-,17-,19+/m1/s1. The lowest BCUT2D eigenvalue weighted by Gasteiger charge is -2.33. The smallest absolute Gasteiger partial charge is 0.326 e. The van der Waals surface area contributed by atoms with Gasteiger partial charge in [-0.2, -0.15) is 11.3 Å². The number of aliphatic carboxylic acids is 1. The zero-order valence-corrected chi connectivity index (χ0v) is 20.1. The van der Waals surface area contributed by atoms with Crippen molar-refractivity contribution in [3.8, 4) is 17.1 Å². The highest BCUT2D eigenvalue weighted by Crippen LogP contribution is 2.34. The number of hydrogen-bond donors (Lipinski definition) is 1. The summed E-state index contributed by atoms with van der Waals surface area (Å²) >= 11 is 1.59. The number of carbonyl (C=O) groups is 3. The van der Waals surface area contributed by atoms with Crippen LogP contribution in [0.3, 0.4) is 0 Å². The Bertz CT molecular complexity index is 985. The molecule has 1 fully saturated rings. The molecule has 0 unspecified atom stereocenters. The molecule has 1 aliphatic heterocycles. The van der Waals surface area contributed by atoms with Gasteiger partial charge in [-0.15, -0.1) is 0 Å². The van der Waals surface area contributed by atoms with Crippen molar-refractivity contribution in [2.45, 2.75) is 39.7 Å². The summed E-state index contributed by atoms with van der Waals surface area (Å²) in [5.41, 5.74) is 1.28. The number of nitrogens with zero attached hydrogens (tertiary/aromatic N) is 2. The maximum Gasteiger partial charge on any atom is 0.326 e. The zero-order chi connectivity index (χ0) is 24.2. The third-order valence-electron chi connectivity index (χ3n) is 5.91. The molecule has 178 valence electrons. The van der Waals surface area contributed by atoms with Crippen LogP contribution in [-0.2, 0) is 19.1 Å². The number of thiophene rings is 1. The van der Waals surface area contributed by atoms with E-state index in [9.17, 15) is 19.5 Å². The van der Waals surface area contributed by atoms with Crippen LogP contribution in [0.4, 0.5) is 0 Å². The molecule has 0 saturated carbocycles. The average molecular weight is 475 g/mol. The molecular weight excluding hydrogens is 444 g/mol. The summed E-state index contributed by atoms with van der Waals surface area (Å²) in [5.74, 6) is -2.30. The molecule has 0 radical (unpaired) electrons. The summed E-state index contributed by atoms with van der Waals surface area (Å²) in [4.78, 5) is 43.1. The monoisotopic (exact) mass is 474 g/mol. The molecule has 0 aliphatic carbocycles. The van der Waals surface area contributed by atoms with Crippen molar-refractivity contribution in [1.29, 1.82) is 0 Å². The third-order valence-corrected chi connectivity index (χ3v) is 6.59. The molecule has 0 spiro atoms. The maximum atomic E-state index is 13.4. The molecule has 33 heavy (non-hydrogen) atoms. The number of carbonyl (C=O) groups excluding carboxylic acids is 2. The first kappa shape index (κ1) is 24.7. The number of carboxylic acids is 1. The first-order valence-electron chi connectivity index (χ1n) is 10.8. The van der Waals surface area contributed by atoms with Crippen molar-refractivity contribution < 1.29 is 29.0 Å². The van der Waals surface area contributed by atoms with Gasteiger partial charge in [-0.1, -0.05) is 26.8 Å². The lowest BCUT2D eigenvalue weighted by molar-refractivity contribution is -0.154. The van der Waals surface area contributed by atoms with Crippen molar-refractivity contribution >= 4 is 29.2 Å². The number of esters is 1. The van der Waals surface area contributed by atoms with Crippen molar-refractivity contribution in [3.05, 3.63) is 35.0 Å². The van der Waals surface area contributed by atoms with Gasteiger partial charge < -0.3 is 19.5 Å². The second-order valence-corrected chi connectivity index (χ2v) is 10.1. The molecule has 0 bridgehead atoms. The minimum Gasteiger partial charge on any atom is -0.480 e. The molecule has 9 heteroatoms. The van der Waals surface area contributed by atoms with E-state index in [4.69, 9.17) is 9.47 Å². The molecule has 3 rings (SSSR count). The van der Waals surface area contributed by atoms with Gasteiger partial charge in [0.2, 0.25) is 11.8 Å². The van der Waals surface area contributed by atoms with E-state index in [0.29, 0.717) is 5.88 Å². The summed E-state index contributed by atoms with van der Waals surface area (Å²) < 4.78 is 10.6. The summed E-state index contributed by atoms with van der Waals surface area (Å²) in [6.45, 7) is 6.06. The van der Waals surface area contributed by atoms with Crippen LogP contribution < -0.4 is 4.74 Å². The highest BCUT2D eigenvalue weighted by atomic mass is 32.1. The van der Waals surface area contributed by atoms with Crippen molar-refractivity contribution in [2.75, 3.05) is 20.3 Å². The van der Waals surface area contributed by atoms with E-state index in [1.165, 1.54) is 12.0 Å². The van der Waals surface area contributed by atoms with E-state index < -0.39 is 29.3 Å². The van der Waals surface area contributed by atoms with E-state index in [2.05, 4.69) is 4.98 Å². The molecule has 3 atom stereocenters. The van der Waals surface area contributed by atoms with E-state index in [1.54, 1.807) is 17.4 Å². The second kappa shape index (κ2) is 10.3. The lowest BCUT2D eigenvalue weighted by Crippen LogP contribution is -2.47. The molecule has 3 heterocycles. The molecule has 0 aromatic carbocycles. The highest BCUT2D eigenvalue weighted by Gasteiger charge is 2.45. The van der Waals surface area contributed by atoms with Crippen LogP contribution >= 0.6 is 11.3 Å². The molecule has 1 amide bonds. The number of aromatic nitrogens is 1. The Labute approximate surface area is 197 Å². The summed E-state index contributed by atoms with van der Waals surface area (Å²) in [5, 5.41) is 13.7. The number of ether oxygens (including phenoxy) is 2. The van der Waals surface area contributed by atoms with Gasteiger partial charge in [0.1, 0.15) is 6.04 Å². The van der Waals surface area contributed by atoms with Crippen LogP contribution in [-0.4, -0.2) is 59.1 Å². The normalized spacial score (nSPS) is 19.2. The molecule has 8 nitrogen and oxygen atoms in total. The predicted molar refractivity (Wildman–Crippen MR) is 124 cm³/mol. The van der Waals surface area contributed by atoms with E-state index in [0.717, 1.165) is 11.3 Å². The van der Waals surface area contributed by atoms with Crippen LogP contribution in [0.15, 0.2) is 35.0 Å².